The van der Waals surface area contributed by atoms with Gasteiger partial charge in [0.2, 0.25) is 0 Å². The number of rotatable bonds is 4. The number of thiazole rings is 1. The van der Waals surface area contributed by atoms with Gasteiger partial charge >= 0.3 is 0 Å². The van der Waals surface area contributed by atoms with Crippen molar-refractivity contribution in [3.8, 4) is 5.75 Å². The maximum Gasteiger partial charge on any atom is 0.140 e. The van der Waals surface area contributed by atoms with E-state index >= 15 is 0 Å². The largest absolute Gasteiger partial charge is 0.486 e. The average Bonchev–Trinajstić information content (AvgIpc) is 2.72. The Morgan fingerprint density at radius 2 is 2.06 bits per heavy atom. The zero-order chi connectivity index (χ0) is 13.2. The summed E-state index contributed by atoms with van der Waals surface area (Å²) >= 11 is 1.56. The summed E-state index contributed by atoms with van der Waals surface area (Å²) in [5.41, 5.74) is 0.994. The molecule has 0 aliphatic carbocycles. The highest BCUT2D eigenvalue weighted by Gasteiger charge is 2.04. The summed E-state index contributed by atoms with van der Waals surface area (Å²) in [5, 5.41) is 2.91. The number of aryl methyl sites for hydroxylation is 1. The predicted molar refractivity (Wildman–Crippen MR) is 72.7 cm³/mol. The van der Waals surface area contributed by atoms with Crippen molar-refractivity contribution in [2.45, 2.75) is 18.4 Å². The summed E-state index contributed by atoms with van der Waals surface area (Å²) in [6.07, 6.45) is 1.40. The molecule has 1 atom stereocenters. The quantitative estimate of drug-likeness (QED) is 0.937. The van der Waals surface area contributed by atoms with Crippen LogP contribution < -0.4 is 4.74 Å². The Hall–Kier alpha value is -1.40. The van der Waals surface area contributed by atoms with E-state index in [9.17, 15) is 4.21 Å². The second kappa shape index (κ2) is 5.07. The topological polar surface area (TPSA) is 63.0 Å². The summed E-state index contributed by atoms with van der Waals surface area (Å²) in [4.78, 5) is 4.81. The zero-order valence-corrected chi connectivity index (χ0v) is 11.8. The van der Waals surface area contributed by atoms with Crippen molar-refractivity contribution in [3.05, 3.63) is 40.3 Å². The molecule has 0 radical (unpaired) electrons. The summed E-state index contributed by atoms with van der Waals surface area (Å²) in [6, 6.07) is 6.79. The van der Waals surface area contributed by atoms with E-state index in [1.165, 1.54) is 6.26 Å². The second-order valence-electron chi connectivity index (χ2n) is 3.99. The van der Waals surface area contributed by atoms with Gasteiger partial charge in [-0.05, 0) is 31.2 Å². The normalized spacial score (nSPS) is 14.1. The van der Waals surface area contributed by atoms with Gasteiger partial charge in [-0.25, -0.2) is 14.0 Å². The van der Waals surface area contributed by atoms with Crippen molar-refractivity contribution in [1.29, 1.82) is 4.78 Å². The molecule has 0 spiro atoms. The highest BCUT2D eigenvalue weighted by molar-refractivity contribution is 7.91. The summed E-state index contributed by atoms with van der Waals surface area (Å²) in [6.45, 7) is 2.38. The van der Waals surface area contributed by atoms with Crippen LogP contribution in [0.1, 0.15) is 10.7 Å². The monoisotopic (exact) mass is 282 g/mol. The molecule has 0 amide bonds. The van der Waals surface area contributed by atoms with Crippen molar-refractivity contribution >= 4 is 21.1 Å². The van der Waals surface area contributed by atoms with Gasteiger partial charge in [0, 0.05) is 22.2 Å². The van der Waals surface area contributed by atoms with Crippen LogP contribution in [0.4, 0.5) is 0 Å². The third kappa shape index (κ3) is 3.30. The van der Waals surface area contributed by atoms with Crippen molar-refractivity contribution < 1.29 is 8.95 Å². The molecule has 0 fully saturated rings. The van der Waals surface area contributed by atoms with Crippen LogP contribution in [0.15, 0.2) is 34.5 Å². The summed E-state index contributed by atoms with van der Waals surface area (Å²) in [5.74, 6) is 0.690. The molecular formula is C12H14N2O2S2. The molecule has 4 nitrogen and oxygen atoms in total. The molecule has 1 aromatic heterocycles. The molecule has 1 heterocycles. The van der Waals surface area contributed by atoms with Crippen molar-refractivity contribution in [3.63, 3.8) is 0 Å². The Morgan fingerprint density at radius 3 is 2.56 bits per heavy atom. The van der Waals surface area contributed by atoms with E-state index in [1.807, 2.05) is 12.3 Å². The molecule has 1 unspecified atom stereocenters. The first-order chi connectivity index (χ1) is 8.45. The van der Waals surface area contributed by atoms with Crippen LogP contribution >= 0.6 is 11.3 Å². The molecule has 2 aromatic rings. The lowest BCUT2D eigenvalue weighted by Gasteiger charge is -2.05. The van der Waals surface area contributed by atoms with E-state index in [0.29, 0.717) is 17.3 Å². The minimum atomic E-state index is -2.65. The maximum absolute atomic E-state index is 11.5. The third-order valence-electron chi connectivity index (χ3n) is 2.30. The van der Waals surface area contributed by atoms with Crippen LogP contribution in [-0.4, -0.2) is 15.4 Å². The smallest absolute Gasteiger partial charge is 0.140 e. The Bertz CT molecular complexity index is 630. The SMILES string of the molecule is Cc1csc(COc2ccc(S(C)(=N)=O)cc2)n1. The zero-order valence-electron chi connectivity index (χ0n) is 10.2. The van der Waals surface area contributed by atoms with E-state index in [2.05, 4.69) is 4.98 Å². The molecule has 1 aromatic carbocycles. The number of benzene rings is 1. The highest BCUT2D eigenvalue weighted by atomic mass is 32.2. The van der Waals surface area contributed by atoms with Crippen molar-refractivity contribution in [2.75, 3.05) is 6.26 Å². The molecule has 2 rings (SSSR count). The van der Waals surface area contributed by atoms with Crippen LogP contribution in [0.3, 0.4) is 0 Å². The van der Waals surface area contributed by atoms with E-state index in [-0.39, 0.29) is 0 Å². The van der Waals surface area contributed by atoms with Crippen LogP contribution in [0.25, 0.3) is 0 Å². The first kappa shape index (κ1) is 13.0. The maximum atomic E-state index is 11.5. The van der Waals surface area contributed by atoms with E-state index < -0.39 is 9.73 Å². The van der Waals surface area contributed by atoms with E-state index in [4.69, 9.17) is 9.52 Å². The molecule has 96 valence electrons. The van der Waals surface area contributed by atoms with Gasteiger partial charge in [-0.1, -0.05) is 0 Å². The minimum absolute atomic E-state index is 0.431. The number of nitrogens with zero attached hydrogens (tertiary/aromatic N) is 1. The molecule has 0 saturated heterocycles. The Morgan fingerprint density at radius 1 is 1.39 bits per heavy atom. The van der Waals surface area contributed by atoms with Gasteiger partial charge in [0.25, 0.3) is 0 Å². The van der Waals surface area contributed by atoms with Crippen molar-refractivity contribution in [2.24, 2.45) is 0 Å². The summed E-state index contributed by atoms with van der Waals surface area (Å²) in [7, 11) is -2.65. The molecule has 0 aliphatic rings. The van der Waals surface area contributed by atoms with Gasteiger partial charge in [-0.15, -0.1) is 11.3 Å². The lowest BCUT2D eigenvalue weighted by Crippen LogP contribution is -1.97. The predicted octanol–water partition coefficient (Wildman–Crippen LogP) is 3.07. The number of hydrogen-bond donors (Lipinski definition) is 1. The Balaban J connectivity index is 2.03. The van der Waals surface area contributed by atoms with E-state index in [0.717, 1.165) is 10.7 Å². The molecule has 6 heteroatoms. The van der Waals surface area contributed by atoms with Gasteiger partial charge in [0.05, 0.1) is 9.73 Å². The average molecular weight is 282 g/mol. The minimum Gasteiger partial charge on any atom is -0.486 e. The Kier molecular flexibility index (Phi) is 3.68. The lowest BCUT2D eigenvalue weighted by atomic mass is 10.3. The van der Waals surface area contributed by atoms with Gasteiger partial charge in [-0.3, -0.25) is 0 Å². The third-order valence-corrected chi connectivity index (χ3v) is 4.41. The van der Waals surface area contributed by atoms with E-state index in [1.54, 1.807) is 35.6 Å². The van der Waals surface area contributed by atoms with Crippen LogP contribution in [0.5, 0.6) is 5.75 Å². The number of ether oxygens (including phenoxy) is 1. The second-order valence-corrected chi connectivity index (χ2v) is 7.09. The van der Waals surface area contributed by atoms with Gasteiger partial charge in [0.1, 0.15) is 17.4 Å². The first-order valence-electron chi connectivity index (χ1n) is 5.33. The molecular weight excluding hydrogens is 268 g/mol. The fraction of sp³-hybridized carbons (Fsp3) is 0.250. The molecule has 0 aliphatic heterocycles. The molecule has 1 N–H and O–H groups in total. The van der Waals surface area contributed by atoms with Crippen LogP contribution in [0, 0.1) is 11.7 Å². The van der Waals surface area contributed by atoms with Crippen LogP contribution in [-0.2, 0) is 16.3 Å². The fourth-order valence-corrected chi connectivity index (χ4v) is 2.75. The van der Waals surface area contributed by atoms with Crippen LogP contribution in [0.2, 0.25) is 0 Å². The number of nitrogens with one attached hydrogen (secondary N) is 1. The Labute approximate surface area is 111 Å². The summed E-state index contributed by atoms with van der Waals surface area (Å²) < 4.78 is 24.5. The number of hydrogen-bond acceptors (Lipinski definition) is 5. The van der Waals surface area contributed by atoms with Gasteiger partial charge < -0.3 is 4.74 Å². The van der Waals surface area contributed by atoms with Crippen molar-refractivity contribution in [1.82, 2.24) is 4.98 Å². The molecule has 0 bridgehead atoms. The fourth-order valence-electron chi connectivity index (χ4n) is 1.41. The highest BCUT2D eigenvalue weighted by Crippen LogP contribution is 2.18. The molecule has 18 heavy (non-hydrogen) atoms. The van der Waals surface area contributed by atoms with Gasteiger partial charge in [-0.2, -0.15) is 0 Å². The van der Waals surface area contributed by atoms with Gasteiger partial charge in [0.15, 0.2) is 0 Å². The standard InChI is InChI=1S/C12H14N2O2S2/c1-9-8-17-12(14-9)7-16-10-3-5-11(6-4-10)18(2,13)15/h3-6,8,13H,7H2,1-2H3. The first-order valence-corrected chi connectivity index (χ1v) is 8.17. The number of aromatic nitrogens is 1. The molecule has 0 saturated carbocycles. The lowest BCUT2D eigenvalue weighted by molar-refractivity contribution is 0.305.